The number of carboxylic acids is 1. The lowest BCUT2D eigenvalue weighted by atomic mass is 9.91. The Hall–Kier alpha value is -0.650. The molecule has 5 nitrogen and oxygen atoms in total. The van der Waals surface area contributed by atoms with Gasteiger partial charge in [-0.3, -0.25) is 9.69 Å². The lowest BCUT2D eigenvalue weighted by Crippen LogP contribution is -2.49. The molecule has 88 valence electrons. The maximum atomic E-state index is 10.6. The second-order valence-corrected chi connectivity index (χ2v) is 4.30. The molecule has 1 aliphatic carbocycles. The molecule has 1 saturated carbocycles. The normalized spacial score (nSPS) is 29.1. The Bertz CT molecular complexity index is 223. The first-order chi connectivity index (χ1) is 7.02. The van der Waals surface area contributed by atoms with Gasteiger partial charge in [0, 0.05) is 12.6 Å². The lowest BCUT2D eigenvalue weighted by Gasteiger charge is -2.35. The van der Waals surface area contributed by atoms with E-state index in [1.165, 1.54) is 0 Å². The maximum absolute atomic E-state index is 10.6. The minimum atomic E-state index is -0.993. The second kappa shape index (κ2) is 5.44. The minimum Gasteiger partial charge on any atom is -0.480 e. The Morgan fingerprint density at radius 3 is 2.67 bits per heavy atom. The van der Waals surface area contributed by atoms with Crippen molar-refractivity contribution in [1.29, 1.82) is 0 Å². The van der Waals surface area contributed by atoms with Gasteiger partial charge in [0.15, 0.2) is 0 Å². The minimum absolute atomic E-state index is 0.0594. The van der Waals surface area contributed by atoms with Gasteiger partial charge >= 0.3 is 5.97 Å². The topological polar surface area (TPSA) is 86.8 Å². The van der Waals surface area contributed by atoms with Gasteiger partial charge in [-0.1, -0.05) is 12.8 Å². The summed E-state index contributed by atoms with van der Waals surface area (Å²) in [5, 5.41) is 18.4. The van der Waals surface area contributed by atoms with Crippen molar-refractivity contribution >= 4 is 5.97 Å². The molecule has 1 fully saturated rings. The highest BCUT2D eigenvalue weighted by atomic mass is 16.4. The van der Waals surface area contributed by atoms with Crippen LogP contribution >= 0.6 is 0 Å². The van der Waals surface area contributed by atoms with Crippen LogP contribution in [-0.4, -0.2) is 52.9 Å². The number of rotatable bonds is 4. The molecule has 0 bridgehead atoms. The first-order valence-electron chi connectivity index (χ1n) is 5.39. The zero-order valence-electron chi connectivity index (χ0n) is 9.09. The van der Waals surface area contributed by atoms with Gasteiger partial charge < -0.3 is 15.9 Å². The lowest BCUT2D eigenvalue weighted by molar-refractivity contribution is -0.139. The Morgan fingerprint density at radius 1 is 1.53 bits per heavy atom. The van der Waals surface area contributed by atoms with Crippen LogP contribution in [0.5, 0.6) is 0 Å². The summed E-state index contributed by atoms with van der Waals surface area (Å²) >= 11 is 0. The summed E-state index contributed by atoms with van der Waals surface area (Å²) in [6.07, 6.45) is 3.52. The number of hydrogen-bond acceptors (Lipinski definition) is 4. The van der Waals surface area contributed by atoms with Crippen molar-refractivity contribution in [2.75, 3.05) is 13.6 Å². The van der Waals surface area contributed by atoms with E-state index in [1.807, 2.05) is 11.9 Å². The summed E-state index contributed by atoms with van der Waals surface area (Å²) in [4.78, 5) is 12.4. The van der Waals surface area contributed by atoms with Gasteiger partial charge in [-0.2, -0.15) is 0 Å². The van der Waals surface area contributed by atoms with Crippen LogP contribution in [0.25, 0.3) is 0 Å². The van der Waals surface area contributed by atoms with Crippen molar-refractivity contribution in [1.82, 2.24) is 4.90 Å². The van der Waals surface area contributed by atoms with Crippen LogP contribution in [0.3, 0.4) is 0 Å². The fourth-order valence-corrected chi connectivity index (χ4v) is 2.13. The fraction of sp³-hybridized carbons (Fsp3) is 0.900. The molecule has 0 spiro atoms. The molecule has 0 amide bonds. The van der Waals surface area contributed by atoms with Crippen molar-refractivity contribution in [3.63, 3.8) is 0 Å². The second-order valence-electron chi connectivity index (χ2n) is 4.30. The highest BCUT2D eigenvalue weighted by molar-refractivity contribution is 5.73. The molecule has 0 saturated heterocycles. The third kappa shape index (κ3) is 3.44. The molecule has 0 aromatic heterocycles. The van der Waals surface area contributed by atoms with Crippen molar-refractivity contribution in [2.45, 2.75) is 43.9 Å². The Morgan fingerprint density at radius 2 is 2.13 bits per heavy atom. The van der Waals surface area contributed by atoms with E-state index in [1.54, 1.807) is 0 Å². The van der Waals surface area contributed by atoms with Gasteiger partial charge in [0.25, 0.3) is 0 Å². The van der Waals surface area contributed by atoms with Crippen LogP contribution in [0, 0.1) is 0 Å². The Balaban J connectivity index is 2.44. The summed E-state index contributed by atoms with van der Waals surface area (Å²) < 4.78 is 0. The van der Waals surface area contributed by atoms with Crippen molar-refractivity contribution in [3.05, 3.63) is 0 Å². The molecule has 0 aliphatic heterocycles. The van der Waals surface area contributed by atoms with E-state index in [2.05, 4.69) is 0 Å². The first-order valence-corrected chi connectivity index (χ1v) is 5.39. The van der Waals surface area contributed by atoms with E-state index in [-0.39, 0.29) is 18.7 Å². The van der Waals surface area contributed by atoms with Crippen molar-refractivity contribution in [3.8, 4) is 0 Å². The number of nitrogens with zero attached hydrogens (tertiary/aromatic N) is 1. The zero-order valence-corrected chi connectivity index (χ0v) is 9.09. The average Bonchev–Trinajstić information content (AvgIpc) is 2.18. The van der Waals surface area contributed by atoms with Crippen LogP contribution in [0.4, 0.5) is 0 Å². The molecular formula is C10H20N2O3. The van der Waals surface area contributed by atoms with Gasteiger partial charge in [0.2, 0.25) is 0 Å². The van der Waals surface area contributed by atoms with Crippen molar-refractivity contribution < 1.29 is 15.0 Å². The molecule has 0 radical (unpaired) electrons. The molecule has 3 unspecified atom stereocenters. The molecule has 0 heterocycles. The van der Waals surface area contributed by atoms with E-state index in [0.29, 0.717) is 0 Å². The molecule has 0 aromatic carbocycles. The van der Waals surface area contributed by atoms with Crippen molar-refractivity contribution in [2.24, 2.45) is 5.73 Å². The predicted octanol–water partition coefficient (Wildman–Crippen LogP) is -0.366. The summed E-state index contributed by atoms with van der Waals surface area (Å²) in [6.45, 7) is 0.289. The monoisotopic (exact) mass is 216 g/mol. The van der Waals surface area contributed by atoms with E-state index in [4.69, 9.17) is 10.8 Å². The quantitative estimate of drug-likeness (QED) is 0.597. The highest BCUT2D eigenvalue weighted by Crippen LogP contribution is 2.22. The summed E-state index contributed by atoms with van der Waals surface area (Å²) in [5.74, 6) is -0.993. The summed E-state index contributed by atoms with van der Waals surface area (Å²) in [6, 6.07) is -0.812. The van der Waals surface area contributed by atoms with Gasteiger partial charge in [-0.15, -0.1) is 0 Å². The third-order valence-electron chi connectivity index (χ3n) is 3.06. The molecule has 5 heteroatoms. The Kier molecular flexibility index (Phi) is 4.50. The molecule has 15 heavy (non-hydrogen) atoms. The number of aliphatic hydroxyl groups excluding tert-OH is 1. The standard InChI is InChI=1S/C10H20N2O3/c1-12(6-7(11)10(14)15)8-4-2-3-5-9(8)13/h7-9,13H,2-6,11H2,1H3,(H,14,15). The fourth-order valence-electron chi connectivity index (χ4n) is 2.13. The molecule has 3 atom stereocenters. The number of likely N-dealkylation sites (N-methyl/N-ethyl adjacent to an activating group) is 1. The first kappa shape index (κ1) is 12.4. The molecule has 0 aromatic rings. The van der Waals surface area contributed by atoms with Gasteiger partial charge in [0.05, 0.1) is 6.10 Å². The average molecular weight is 216 g/mol. The summed E-state index contributed by atoms with van der Waals surface area (Å²) in [5.41, 5.74) is 5.45. The number of nitrogens with two attached hydrogens (primary N) is 1. The van der Waals surface area contributed by atoms with Crippen LogP contribution in [0.15, 0.2) is 0 Å². The number of aliphatic carboxylic acids is 1. The van der Waals surface area contributed by atoms with Crippen LogP contribution in [0.2, 0.25) is 0 Å². The maximum Gasteiger partial charge on any atom is 0.321 e. The van der Waals surface area contributed by atoms with E-state index in [0.717, 1.165) is 25.7 Å². The molecule has 1 rings (SSSR count). The van der Waals surface area contributed by atoms with Gasteiger partial charge in [0.1, 0.15) is 6.04 Å². The van der Waals surface area contributed by atoms with Gasteiger partial charge in [-0.25, -0.2) is 0 Å². The molecular weight excluding hydrogens is 196 g/mol. The van der Waals surface area contributed by atoms with E-state index >= 15 is 0 Å². The van der Waals surface area contributed by atoms with Crippen LogP contribution in [0.1, 0.15) is 25.7 Å². The SMILES string of the molecule is CN(CC(N)C(=O)O)C1CCCCC1O. The largest absolute Gasteiger partial charge is 0.480 e. The van der Waals surface area contributed by atoms with E-state index < -0.39 is 12.0 Å². The number of aliphatic hydroxyl groups is 1. The number of carboxylic acid groups (broad SMARTS) is 1. The molecule has 1 aliphatic rings. The third-order valence-corrected chi connectivity index (χ3v) is 3.06. The summed E-state index contributed by atoms with van der Waals surface area (Å²) in [7, 11) is 1.82. The van der Waals surface area contributed by atoms with Crippen LogP contribution in [-0.2, 0) is 4.79 Å². The van der Waals surface area contributed by atoms with Gasteiger partial charge in [-0.05, 0) is 19.9 Å². The van der Waals surface area contributed by atoms with E-state index in [9.17, 15) is 9.90 Å². The Labute approximate surface area is 89.9 Å². The van der Waals surface area contributed by atoms with Crippen LogP contribution < -0.4 is 5.73 Å². The zero-order chi connectivity index (χ0) is 11.4. The highest BCUT2D eigenvalue weighted by Gasteiger charge is 2.28. The number of carbonyl (C=O) groups is 1. The number of hydrogen-bond donors (Lipinski definition) is 3. The predicted molar refractivity (Wildman–Crippen MR) is 56.5 cm³/mol. The molecule has 4 N–H and O–H groups in total. The smallest absolute Gasteiger partial charge is 0.321 e.